The van der Waals surface area contributed by atoms with Crippen molar-refractivity contribution in [3.05, 3.63) is 47.5 Å². The molecule has 0 aliphatic carbocycles. The smallest absolute Gasteiger partial charge is 0.416 e. The van der Waals surface area contributed by atoms with Crippen molar-refractivity contribution in [2.45, 2.75) is 19.1 Å². The van der Waals surface area contributed by atoms with Crippen molar-refractivity contribution in [2.75, 3.05) is 36.5 Å². The number of aromatic nitrogens is 2. The summed E-state index contributed by atoms with van der Waals surface area (Å²) in [6.07, 6.45) is -2.48. The van der Waals surface area contributed by atoms with Gasteiger partial charge in [-0.2, -0.15) is 13.2 Å². The molecular formula is C20H18F5N5O3. The van der Waals surface area contributed by atoms with E-state index in [0.29, 0.717) is 38.3 Å². The number of hydrogen-bond acceptors (Lipinski definition) is 6. The molecule has 1 aliphatic heterocycles. The van der Waals surface area contributed by atoms with E-state index in [9.17, 15) is 26.7 Å². The van der Waals surface area contributed by atoms with Gasteiger partial charge in [-0.15, -0.1) is 0 Å². The van der Waals surface area contributed by atoms with E-state index in [4.69, 9.17) is 9.15 Å². The molecule has 8 nitrogen and oxygen atoms in total. The Kier molecular flexibility index (Phi) is 6.06. The summed E-state index contributed by atoms with van der Waals surface area (Å²) in [5, 5.41) is 3.83. The second-order valence-corrected chi connectivity index (χ2v) is 7.30. The van der Waals surface area contributed by atoms with Crippen molar-refractivity contribution >= 4 is 28.6 Å². The van der Waals surface area contributed by atoms with Crippen LogP contribution in [-0.4, -0.2) is 48.5 Å². The molecule has 1 saturated heterocycles. The molecule has 33 heavy (non-hydrogen) atoms. The summed E-state index contributed by atoms with van der Waals surface area (Å²) < 4.78 is 79.0. The molecule has 4 rings (SSSR count). The third-order valence-corrected chi connectivity index (χ3v) is 5.05. The normalized spacial score (nSPS) is 15.5. The van der Waals surface area contributed by atoms with Crippen LogP contribution in [0.3, 0.4) is 0 Å². The second kappa shape index (κ2) is 8.81. The summed E-state index contributed by atoms with van der Waals surface area (Å²) in [7, 11) is 0. The number of nitrogens with one attached hydrogen (secondary N) is 2. The number of alkyl halides is 3. The zero-order valence-corrected chi connectivity index (χ0v) is 17.2. The summed E-state index contributed by atoms with van der Waals surface area (Å²) in [6, 6.07) is -2.47. The largest absolute Gasteiger partial charge is 0.455 e. The molecule has 3 aromatic rings. The van der Waals surface area contributed by atoms with Gasteiger partial charge in [0.1, 0.15) is 11.6 Å². The van der Waals surface area contributed by atoms with Gasteiger partial charge in [0.15, 0.2) is 17.4 Å². The van der Waals surface area contributed by atoms with Gasteiger partial charge < -0.3 is 24.7 Å². The number of hydrogen-bond donors (Lipinski definition) is 2. The van der Waals surface area contributed by atoms with E-state index in [2.05, 4.69) is 15.3 Å². The quantitative estimate of drug-likeness (QED) is 0.558. The second-order valence-electron chi connectivity index (χ2n) is 7.30. The lowest BCUT2D eigenvalue weighted by atomic mass is 10.1. The van der Waals surface area contributed by atoms with Crippen LogP contribution in [0.25, 0.3) is 11.0 Å². The van der Waals surface area contributed by atoms with Crippen molar-refractivity contribution in [3.8, 4) is 0 Å². The highest BCUT2D eigenvalue weighted by Crippen LogP contribution is 2.39. The Balaban J connectivity index is 1.53. The van der Waals surface area contributed by atoms with Crippen LogP contribution >= 0.6 is 0 Å². The molecule has 2 aromatic heterocycles. The number of urea groups is 1. The van der Waals surface area contributed by atoms with Crippen molar-refractivity contribution in [3.63, 3.8) is 0 Å². The molecule has 3 heterocycles. The Bertz CT molecular complexity index is 1160. The zero-order valence-electron chi connectivity index (χ0n) is 17.2. The van der Waals surface area contributed by atoms with Crippen LogP contribution in [0.5, 0.6) is 0 Å². The van der Waals surface area contributed by atoms with Crippen molar-refractivity contribution in [1.82, 2.24) is 15.3 Å². The Morgan fingerprint density at radius 1 is 1.15 bits per heavy atom. The summed E-state index contributed by atoms with van der Waals surface area (Å²) in [6.45, 7) is 3.42. The van der Waals surface area contributed by atoms with Crippen LogP contribution in [-0.2, 0) is 4.74 Å². The van der Waals surface area contributed by atoms with Gasteiger partial charge in [-0.25, -0.2) is 23.5 Å². The molecule has 13 heteroatoms. The van der Waals surface area contributed by atoms with Crippen LogP contribution < -0.4 is 15.5 Å². The van der Waals surface area contributed by atoms with Gasteiger partial charge in [0.25, 0.3) is 0 Å². The van der Waals surface area contributed by atoms with E-state index in [1.807, 2.05) is 4.90 Å². The van der Waals surface area contributed by atoms with Crippen LogP contribution in [0.2, 0.25) is 0 Å². The lowest BCUT2D eigenvalue weighted by Gasteiger charge is -2.26. The third-order valence-electron chi connectivity index (χ3n) is 5.05. The summed E-state index contributed by atoms with van der Waals surface area (Å²) in [5.41, 5.74) is -0.628. The molecule has 1 aromatic carbocycles. The van der Waals surface area contributed by atoms with Gasteiger partial charge >= 0.3 is 12.2 Å². The molecule has 1 atom stereocenters. The fraction of sp³-hybridized carbons (Fsp3) is 0.350. The molecule has 0 unspecified atom stereocenters. The Hall–Kier alpha value is -3.48. The first-order valence-electron chi connectivity index (χ1n) is 9.80. The van der Waals surface area contributed by atoms with Crippen LogP contribution in [0.1, 0.15) is 17.4 Å². The van der Waals surface area contributed by atoms with E-state index < -0.39 is 41.2 Å². The highest BCUT2D eigenvalue weighted by atomic mass is 19.4. The molecule has 0 spiro atoms. The summed E-state index contributed by atoms with van der Waals surface area (Å²) in [5.74, 6) is -2.48. The van der Waals surface area contributed by atoms with Gasteiger partial charge in [-0.3, -0.25) is 0 Å². The first-order chi connectivity index (χ1) is 15.6. The number of fused-ring (bicyclic) bond motifs is 1. The van der Waals surface area contributed by atoms with Crippen LogP contribution in [0, 0.1) is 18.6 Å². The molecule has 2 N–H and O–H groups in total. The Labute approximate surface area is 183 Å². The van der Waals surface area contributed by atoms with Gasteiger partial charge in [0.2, 0.25) is 5.95 Å². The Morgan fingerprint density at radius 2 is 1.82 bits per heavy atom. The van der Waals surface area contributed by atoms with Crippen molar-refractivity contribution < 1.29 is 35.9 Å². The maximum atomic E-state index is 14.0. The maximum Gasteiger partial charge on any atom is 0.416 e. The predicted molar refractivity (Wildman–Crippen MR) is 107 cm³/mol. The molecule has 176 valence electrons. The SMILES string of the molecule is Cc1c([C@H](NC(=O)Nc2cnc(N3CCOCC3)nc2)C(F)(F)F)oc2c(F)cc(F)cc12. The molecule has 0 saturated carbocycles. The first-order valence-corrected chi connectivity index (χ1v) is 9.80. The number of rotatable bonds is 4. The number of carbonyl (C=O) groups excluding carboxylic acids is 1. The van der Waals surface area contributed by atoms with Crippen molar-refractivity contribution in [1.29, 1.82) is 0 Å². The molecule has 2 amide bonds. The van der Waals surface area contributed by atoms with E-state index in [1.54, 1.807) is 5.32 Å². The highest BCUT2D eigenvalue weighted by molar-refractivity contribution is 5.89. The molecule has 1 aliphatic rings. The number of aryl methyl sites for hydroxylation is 1. The van der Waals surface area contributed by atoms with Gasteiger partial charge in [-0.1, -0.05) is 0 Å². The number of carbonyl (C=O) groups is 1. The number of halogens is 5. The van der Waals surface area contributed by atoms with Gasteiger partial charge in [0, 0.05) is 30.1 Å². The van der Waals surface area contributed by atoms with E-state index in [0.717, 1.165) is 6.07 Å². The number of amides is 2. The van der Waals surface area contributed by atoms with Gasteiger partial charge in [-0.05, 0) is 13.0 Å². The number of benzene rings is 1. The fourth-order valence-corrected chi connectivity index (χ4v) is 3.44. The molecule has 0 radical (unpaired) electrons. The zero-order chi connectivity index (χ0) is 23.8. The monoisotopic (exact) mass is 471 g/mol. The maximum absolute atomic E-state index is 14.0. The van der Waals surface area contributed by atoms with E-state index in [-0.39, 0.29) is 16.6 Å². The third kappa shape index (κ3) is 4.82. The lowest BCUT2D eigenvalue weighted by Crippen LogP contribution is -2.40. The minimum atomic E-state index is -4.98. The number of anilines is 2. The summed E-state index contributed by atoms with van der Waals surface area (Å²) in [4.78, 5) is 22.4. The lowest BCUT2D eigenvalue weighted by molar-refractivity contribution is -0.158. The average molecular weight is 471 g/mol. The molecular weight excluding hydrogens is 453 g/mol. The first kappa shape index (κ1) is 22.7. The average Bonchev–Trinajstić information content (AvgIpc) is 3.09. The van der Waals surface area contributed by atoms with Crippen LogP contribution in [0.4, 0.5) is 38.4 Å². The minimum Gasteiger partial charge on any atom is -0.455 e. The molecule has 1 fully saturated rings. The van der Waals surface area contributed by atoms with Crippen molar-refractivity contribution in [2.24, 2.45) is 0 Å². The fourth-order valence-electron chi connectivity index (χ4n) is 3.44. The molecule has 0 bridgehead atoms. The number of morpholine rings is 1. The Morgan fingerprint density at radius 3 is 2.45 bits per heavy atom. The number of ether oxygens (including phenoxy) is 1. The van der Waals surface area contributed by atoms with E-state index >= 15 is 0 Å². The minimum absolute atomic E-state index is 0.0554. The van der Waals surface area contributed by atoms with Gasteiger partial charge in [0.05, 0.1) is 31.3 Å². The predicted octanol–water partition coefficient (Wildman–Crippen LogP) is 4.07. The number of furan rings is 1. The highest BCUT2D eigenvalue weighted by Gasteiger charge is 2.45. The standard InChI is InChI=1S/C20H18F5N5O3/c1-10-13-6-11(21)7-14(22)16(13)33-15(10)17(20(23,24)25)29-19(31)28-12-8-26-18(27-9-12)30-2-4-32-5-3-30/h6-9,17H,2-5H2,1H3,(H2,28,29,31)/t17-/m0/s1. The number of nitrogens with zero attached hydrogens (tertiary/aromatic N) is 3. The van der Waals surface area contributed by atoms with E-state index in [1.165, 1.54) is 19.3 Å². The summed E-state index contributed by atoms with van der Waals surface area (Å²) >= 11 is 0. The van der Waals surface area contributed by atoms with Crippen LogP contribution in [0.15, 0.2) is 28.9 Å². The topological polar surface area (TPSA) is 92.5 Å².